The maximum atomic E-state index is 12.0. The molecule has 2 N–H and O–H groups in total. The molecule has 0 bridgehead atoms. The molecule has 4 rings (SSSR count). The zero-order chi connectivity index (χ0) is 17.4. The second kappa shape index (κ2) is 6.46. The second-order valence-electron chi connectivity index (χ2n) is 5.66. The minimum atomic E-state index is -0.101. The third-order valence-electron chi connectivity index (χ3n) is 3.97. The molecule has 0 radical (unpaired) electrons. The molecular formula is C18H14ClN3O2S. The zero-order valence-corrected chi connectivity index (χ0v) is 14.6. The van der Waals surface area contributed by atoms with Gasteiger partial charge in [0.25, 0.3) is 0 Å². The molecule has 1 atom stereocenters. The van der Waals surface area contributed by atoms with Crippen molar-refractivity contribution in [2.75, 3.05) is 11.1 Å². The number of phenolic OH excluding ortho intramolecular Hbond substituents is 1. The smallest absolute Gasteiger partial charge is 0.235 e. The van der Waals surface area contributed by atoms with Crippen molar-refractivity contribution in [3.05, 3.63) is 71.1 Å². The van der Waals surface area contributed by atoms with Crippen molar-refractivity contribution >= 4 is 35.1 Å². The zero-order valence-electron chi connectivity index (χ0n) is 13.0. The third-order valence-corrected chi connectivity index (χ3v) is 5.47. The molecule has 5 nitrogen and oxygen atoms in total. The van der Waals surface area contributed by atoms with Crippen LogP contribution in [0.5, 0.6) is 5.75 Å². The molecule has 0 unspecified atom stereocenters. The highest BCUT2D eigenvalue weighted by Gasteiger charge is 2.29. The van der Waals surface area contributed by atoms with Gasteiger partial charge in [0.05, 0.1) is 16.7 Å². The molecule has 2 aromatic carbocycles. The highest BCUT2D eigenvalue weighted by molar-refractivity contribution is 8.00. The van der Waals surface area contributed by atoms with Crippen LogP contribution in [-0.4, -0.2) is 26.3 Å². The maximum absolute atomic E-state index is 12.0. The summed E-state index contributed by atoms with van der Waals surface area (Å²) in [5, 5.41) is 13.0. The first-order chi connectivity index (χ1) is 12.1. The molecule has 3 aromatic rings. The van der Waals surface area contributed by atoms with E-state index in [0.717, 1.165) is 16.9 Å². The second-order valence-corrected chi connectivity index (χ2v) is 7.19. The number of halogens is 1. The van der Waals surface area contributed by atoms with Gasteiger partial charge in [-0.15, -0.1) is 11.8 Å². The van der Waals surface area contributed by atoms with Crippen LogP contribution in [0.1, 0.15) is 16.5 Å². The number of aromatic nitrogens is 2. The van der Waals surface area contributed by atoms with Gasteiger partial charge in [-0.2, -0.15) is 0 Å². The first-order valence-electron chi connectivity index (χ1n) is 7.65. The fraction of sp³-hybridized carbons (Fsp3) is 0.111. The summed E-state index contributed by atoms with van der Waals surface area (Å²) in [4.78, 5) is 16.4. The first-order valence-corrected chi connectivity index (χ1v) is 9.08. The number of hydrogen-bond acceptors (Lipinski definition) is 4. The number of fused-ring (bicyclic) bond motifs is 1. The van der Waals surface area contributed by atoms with Crippen molar-refractivity contribution in [3.8, 4) is 11.4 Å². The fourth-order valence-corrected chi connectivity index (χ4v) is 4.15. The lowest BCUT2D eigenvalue weighted by atomic mass is 10.1. The van der Waals surface area contributed by atoms with E-state index < -0.39 is 0 Å². The van der Waals surface area contributed by atoms with Crippen LogP contribution in [0.2, 0.25) is 5.02 Å². The third kappa shape index (κ3) is 3.10. The number of nitrogens with one attached hydrogen (secondary N) is 1. The van der Waals surface area contributed by atoms with Crippen LogP contribution in [0, 0.1) is 0 Å². The summed E-state index contributed by atoms with van der Waals surface area (Å²) in [5.74, 6) is 1.01. The number of phenols is 1. The van der Waals surface area contributed by atoms with Crippen LogP contribution < -0.4 is 5.32 Å². The van der Waals surface area contributed by atoms with Gasteiger partial charge in [0, 0.05) is 10.7 Å². The Morgan fingerprint density at radius 2 is 2.04 bits per heavy atom. The van der Waals surface area contributed by atoms with Gasteiger partial charge in [-0.05, 0) is 35.9 Å². The molecule has 1 aliphatic heterocycles. The number of aromatic hydroxyl groups is 1. The standard InChI is InChI=1S/C18H14ClN3O2S/c19-12-2-1-3-13(8-12)22-10-20-18-16(22)17(25-9-15(24)21-18)11-4-6-14(23)7-5-11/h1-8,10,17,23H,9H2,(H,21,24)/t17-/m0/s1. The van der Waals surface area contributed by atoms with E-state index in [9.17, 15) is 9.90 Å². The van der Waals surface area contributed by atoms with Gasteiger partial charge in [-0.1, -0.05) is 29.8 Å². The minimum Gasteiger partial charge on any atom is -0.508 e. The number of anilines is 1. The Hall–Kier alpha value is -2.44. The fourth-order valence-electron chi connectivity index (χ4n) is 2.85. The molecule has 0 fully saturated rings. The lowest BCUT2D eigenvalue weighted by molar-refractivity contribution is -0.113. The predicted octanol–water partition coefficient (Wildman–Crippen LogP) is 4.01. The Bertz CT molecular complexity index is 940. The van der Waals surface area contributed by atoms with Crippen LogP contribution in [0.3, 0.4) is 0 Å². The Balaban J connectivity index is 1.88. The molecule has 126 valence electrons. The van der Waals surface area contributed by atoms with E-state index in [1.165, 1.54) is 11.8 Å². The number of imidazole rings is 1. The summed E-state index contributed by atoms with van der Waals surface area (Å²) in [6, 6.07) is 14.5. The van der Waals surface area contributed by atoms with E-state index in [1.54, 1.807) is 18.5 Å². The normalized spacial score (nSPS) is 16.8. The summed E-state index contributed by atoms with van der Waals surface area (Å²) < 4.78 is 1.94. The van der Waals surface area contributed by atoms with E-state index in [4.69, 9.17) is 11.6 Å². The highest BCUT2D eigenvalue weighted by Crippen LogP contribution is 2.42. The number of rotatable bonds is 2. The minimum absolute atomic E-state index is 0.0797. The van der Waals surface area contributed by atoms with Gasteiger partial charge in [-0.3, -0.25) is 9.36 Å². The topological polar surface area (TPSA) is 67.1 Å². The Kier molecular flexibility index (Phi) is 4.15. The van der Waals surface area contributed by atoms with Crippen LogP contribution in [-0.2, 0) is 4.79 Å². The van der Waals surface area contributed by atoms with Gasteiger partial charge in [0.1, 0.15) is 12.1 Å². The maximum Gasteiger partial charge on any atom is 0.235 e. The van der Waals surface area contributed by atoms with E-state index in [-0.39, 0.29) is 16.9 Å². The largest absolute Gasteiger partial charge is 0.508 e. The van der Waals surface area contributed by atoms with Crippen molar-refractivity contribution in [2.45, 2.75) is 5.25 Å². The van der Waals surface area contributed by atoms with Crippen LogP contribution >= 0.6 is 23.4 Å². The van der Waals surface area contributed by atoms with Crippen molar-refractivity contribution in [1.29, 1.82) is 0 Å². The van der Waals surface area contributed by atoms with Gasteiger partial charge in [0.2, 0.25) is 5.91 Å². The molecule has 25 heavy (non-hydrogen) atoms. The number of thioether (sulfide) groups is 1. The lowest BCUT2D eigenvalue weighted by Gasteiger charge is -2.18. The number of amides is 1. The molecule has 0 saturated carbocycles. The quantitative estimate of drug-likeness (QED) is 0.714. The summed E-state index contributed by atoms with van der Waals surface area (Å²) in [5.41, 5.74) is 2.75. The number of nitrogens with zero attached hydrogens (tertiary/aromatic N) is 2. The average molecular weight is 372 g/mol. The number of hydrogen-bond donors (Lipinski definition) is 2. The number of carbonyl (C=O) groups excluding carboxylic acids is 1. The molecule has 7 heteroatoms. The van der Waals surface area contributed by atoms with Gasteiger partial charge in [0.15, 0.2) is 5.82 Å². The number of carbonyl (C=O) groups is 1. The average Bonchev–Trinajstić information content (AvgIpc) is 2.92. The van der Waals surface area contributed by atoms with Crippen molar-refractivity contribution in [3.63, 3.8) is 0 Å². The van der Waals surface area contributed by atoms with Crippen molar-refractivity contribution in [1.82, 2.24) is 9.55 Å². The SMILES string of the molecule is O=C1CS[C@@H](c2ccc(O)cc2)c2c(ncn2-c2cccc(Cl)c2)N1. The van der Waals surface area contributed by atoms with Crippen molar-refractivity contribution in [2.24, 2.45) is 0 Å². The van der Waals surface area contributed by atoms with Crippen molar-refractivity contribution < 1.29 is 9.90 Å². The molecule has 0 spiro atoms. The molecule has 1 amide bonds. The Labute approximate surface area is 153 Å². The van der Waals surface area contributed by atoms with E-state index in [0.29, 0.717) is 16.6 Å². The molecule has 0 aliphatic carbocycles. The molecule has 2 heterocycles. The summed E-state index contributed by atoms with van der Waals surface area (Å²) in [6.07, 6.45) is 1.69. The lowest BCUT2D eigenvalue weighted by Crippen LogP contribution is -2.12. The van der Waals surface area contributed by atoms with E-state index in [2.05, 4.69) is 10.3 Å². The van der Waals surface area contributed by atoms with Crippen LogP contribution in [0.15, 0.2) is 54.9 Å². The predicted molar refractivity (Wildman–Crippen MR) is 99.6 cm³/mol. The van der Waals surface area contributed by atoms with Gasteiger partial charge < -0.3 is 10.4 Å². The van der Waals surface area contributed by atoms with E-state index in [1.807, 2.05) is 41.0 Å². The van der Waals surface area contributed by atoms with E-state index >= 15 is 0 Å². The first kappa shape index (κ1) is 16.1. The summed E-state index contributed by atoms with van der Waals surface area (Å²) in [7, 11) is 0. The molecule has 1 aromatic heterocycles. The Morgan fingerprint density at radius 3 is 2.80 bits per heavy atom. The molecule has 1 aliphatic rings. The molecule has 0 saturated heterocycles. The van der Waals surface area contributed by atoms with Gasteiger partial charge >= 0.3 is 0 Å². The number of benzene rings is 2. The molecular weight excluding hydrogens is 358 g/mol. The monoisotopic (exact) mass is 371 g/mol. The van der Waals surface area contributed by atoms with Crippen LogP contribution in [0.4, 0.5) is 5.82 Å². The summed E-state index contributed by atoms with van der Waals surface area (Å²) in [6.45, 7) is 0. The Morgan fingerprint density at radius 1 is 1.24 bits per heavy atom. The van der Waals surface area contributed by atoms with Crippen LogP contribution in [0.25, 0.3) is 5.69 Å². The van der Waals surface area contributed by atoms with Gasteiger partial charge in [-0.25, -0.2) is 4.98 Å². The highest BCUT2D eigenvalue weighted by atomic mass is 35.5. The summed E-state index contributed by atoms with van der Waals surface area (Å²) >= 11 is 7.66.